The van der Waals surface area contributed by atoms with Gasteiger partial charge in [-0.2, -0.15) is 0 Å². The van der Waals surface area contributed by atoms with Gasteiger partial charge >= 0.3 is 12.2 Å². The third-order valence-electron chi connectivity index (χ3n) is 8.74. The highest BCUT2D eigenvalue weighted by Crippen LogP contribution is 2.57. The van der Waals surface area contributed by atoms with Crippen LogP contribution in [0.5, 0.6) is 0 Å². The number of halogens is 2. The van der Waals surface area contributed by atoms with E-state index in [1.165, 1.54) is 12.1 Å². The molecule has 4 aliphatic carbocycles. The summed E-state index contributed by atoms with van der Waals surface area (Å²) < 4.78 is 43.3. The number of alkyl carbamates (subject to hydrolysis) is 2. The number of carbonyl (C=O) groups is 3. The van der Waals surface area contributed by atoms with Crippen molar-refractivity contribution in [3.05, 3.63) is 34.9 Å². The third-order valence-corrected chi connectivity index (χ3v) is 8.74. The highest BCUT2D eigenvalue weighted by molar-refractivity contribution is 5.79. The van der Waals surface area contributed by atoms with Crippen LogP contribution in [0.1, 0.15) is 70.4 Å². The molecule has 2 atom stereocenters. The van der Waals surface area contributed by atoms with Crippen LogP contribution in [0.4, 0.5) is 18.4 Å². The number of amides is 3. The molecule has 1 heterocycles. The number of hydrogen-bond donors (Lipinski definition) is 3. The van der Waals surface area contributed by atoms with Gasteiger partial charge in [0.2, 0.25) is 5.91 Å². The van der Waals surface area contributed by atoms with Crippen molar-refractivity contribution in [2.75, 3.05) is 32.9 Å². The Labute approximate surface area is 245 Å². The predicted molar refractivity (Wildman–Crippen MR) is 148 cm³/mol. The molecule has 1 aliphatic heterocycles. The summed E-state index contributed by atoms with van der Waals surface area (Å²) in [5, 5.41) is 9.32. The maximum absolute atomic E-state index is 13.6. The Hall–Kier alpha value is -2.99. The van der Waals surface area contributed by atoms with E-state index in [0.29, 0.717) is 23.0 Å². The smallest absolute Gasteiger partial charge is 0.407 e. The average molecular weight is 593 g/mol. The Morgan fingerprint density at radius 3 is 2.17 bits per heavy atom. The lowest BCUT2D eigenvalue weighted by Gasteiger charge is -2.62. The standard InChI is InChI=1S/C30H42F2N4O6/c1-28(2,3)42-26(38)33-4-5-40-6-7-41-27(39)35-30-13-19-8-20(14-30)12-29(11-19,18-30)34-15-25(37)36-16-21-9-23(31)24(32)10-22(21)17-36/h9-10,19-20,34H,4-8,11-18H2,1-3H3,(H,33,38)(H,35,39). The molecule has 10 nitrogen and oxygen atoms in total. The molecule has 0 aromatic heterocycles. The van der Waals surface area contributed by atoms with Crippen molar-refractivity contribution in [1.82, 2.24) is 20.9 Å². The predicted octanol–water partition coefficient (Wildman–Crippen LogP) is 3.76. The van der Waals surface area contributed by atoms with Crippen LogP contribution in [0.25, 0.3) is 0 Å². The first kappa shape index (κ1) is 30.5. The molecule has 232 valence electrons. The number of carbonyl (C=O) groups excluding carboxylic acids is 3. The lowest BCUT2D eigenvalue weighted by atomic mass is 9.50. The third kappa shape index (κ3) is 7.31. The van der Waals surface area contributed by atoms with Crippen molar-refractivity contribution >= 4 is 18.1 Å². The van der Waals surface area contributed by atoms with E-state index in [0.717, 1.165) is 38.5 Å². The van der Waals surface area contributed by atoms with E-state index < -0.39 is 29.4 Å². The highest BCUT2D eigenvalue weighted by atomic mass is 19.2. The van der Waals surface area contributed by atoms with Gasteiger partial charge in [-0.1, -0.05) is 0 Å². The van der Waals surface area contributed by atoms with E-state index in [9.17, 15) is 23.2 Å². The largest absolute Gasteiger partial charge is 0.447 e. The van der Waals surface area contributed by atoms with E-state index in [-0.39, 0.29) is 63.0 Å². The summed E-state index contributed by atoms with van der Waals surface area (Å²) in [6, 6.07) is 2.35. The SMILES string of the molecule is CC(C)(C)OC(=O)NCCOCCOC(=O)NC12CC3CC(CC(NCC(=O)N4Cc5cc(F)c(F)cc5C4)(C3)C1)C2. The normalized spacial score (nSPS) is 27.5. The summed E-state index contributed by atoms with van der Waals surface area (Å²) in [4.78, 5) is 39.1. The van der Waals surface area contributed by atoms with Crippen molar-refractivity contribution in [3.63, 3.8) is 0 Å². The van der Waals surface area contributed by atoms with Gasteiger partial charge in [-0.25, -0.2) is 18.4 Å². The number of nitrogens with one attached hydrogen (secondary N) is 3. The summed E-state index contributed by atoms with van der Waals surface area (Å²) in [6.07, 6.45) is 4.55. The second kappa shape index (κ2) is 11.9. The van der Waals surface area contributed by atoms with Crippen LogP contribution >= 0.6 is 0 Å². The second-order valence-corrected chi connectivity index (χ2v) is 13.5. The first-order valence-electron chi connectivity index (χ1n) is 14.8. The molecule has 4 bridgehead atoms. The minimum absolute atomic E-state index is 0.0884. The summed E-state index contributed by atoms with van der Waals surface area (Å²) in [5.74, 6) is -0.989. The molecular weight excluding hydrogens is 550 g/mol. The van der Waals surface area contributed by atoms with Gasteiger partial charge in [0.05, 0.1) is 19.8 Å². The summed E-state index contributed by atoms with van der Waals surface area (Å²) >= 11 is 0. The lowest BCUT2D eigenvalue weighted by Crippen LogP contribution is -2.69. The molecule has 1 aromatic rings. The maximum atomic E-state index is 13.6. The van der Waals surface area contributed by atoms with Crippen molar-refractivity contribution in [1.29, 1.82) is 0 Å². The van der Waals surface area contributed by atoms with E-state index in [1.807, 2.05) is 0 Å². The zero-order valence-electron chi connectivity index (χ0n) is 24.7. The van der Waals surface area contributed by atoms with Crippen molar-refractivity contribution in [2.24, 2.45) is 11.8 Å². The molecule has 0 radical (unpaired) electrons. The first-order valence-corrected chi connectivity index (χ1v) is 14.8. The molecule has 3 amide bonds. The van der Waals surface area contributed by atoms with Crippen LogP contribution in [-0.2, 0) is 32.1 Å². The molecule has 12 heteroatoms. The average Bonchev–Trinajstić information content (AvgIpc) is 3.27. The molecule has 42 heavy (non-hydrogen) atoms. The Morgan fingerprint density at radius 1 is 0.929 bits per heavy atom. The Balaban J connectivity index is 1.05. The van der Waals surface area contributed by atoms with Crippen LogP contribution in [0.2, 0.25) is 0 Å². The highest BCUT2D eigenvalue weighted by Gasteiger charge is 2.58. The zero-order chi connectivity index (χ0) is 30.1. The number of ether oxygens (including phenoxy) is 3. The number of benzene rings is 1. The van der Waals surface area contributed by atoms with Gasteiger partial charge in [-0.15, -0.1) is 0 Å². The van der Waals surface area contributed by atoms with Crippen LogP contribution in [0, 0.1) is 23.5 Å². The molecule has 4 saturated carbocycles. The number of fused-ring (bicyclic) bond motifs is 1. The van der Waals surface area contributed by atoms with E-state index in [1.54, 1.807) is 25.7 Å². The Kier molecular flexibility index (Phi) is 8.67. The molecule has 4 fully saturated rings. The Bertz CT molecular complexity index is 1160. The van der Waals surface area contributed by atoms with Gasteiger partial charge in [0.25, 0.3) is 0 Å². The molecule has 6 rings (SSSR count). The number of nitrogens with zero attached hydrogens (tertiary/aromatic N) is 1. The van der Waals surface area contributed by atoms with Crippen molar-refractivity contribution < 1.29 is 37.4 Å². The van der Waals surface area contributed by atoms with Gasteiger partial charge in [0.15, 0.2) is 11.6 Å². The maximum Gasteiger partial charge on any atom is 0.407 e. The number of hydrogen-bond acceptors (Lipinski definition) is 7. The van der Waals surface area contributed by atoms with Crippen LogP contribution < -0.4 is 16.0 Å². The van der Waals surface area contributed by atoms with E-state index >= 15 is 0 Å². The van der Waals surface area contributed by atoms with Crippen molar-refractivity contribution in [3.8, 4) is 0 Å². The van der Waals surface area contributed by atoms with Gasteiger partial charge in [0.1, 0.15) is 12.2 Å². The van der Waals surface area contributed by atoms with Crippen LogP contribution in [0.15, 0.2) is 12.1 Å². The summed E-state index contributed by atoms with van der Waals surface area (Å²) in [5.41, 5.74) is 0.0852. The van der Waals surface area contributed by atoms with Gasteiger partial charge in [0, 0.05) is 30.7 Å². The quantitative estimate of drug-likeness (QED) is 0.354. The fourth-order valence-corrected chi connectivity index (χ4v) is 7.64. The fraction of sp³-hybridized carbons (Fsp3) is 0.700. The van der Waals surface area contributed by atoms with E-state index in [2.05, 4.69) is 16.0 Å². The van der Waals surface area contributed by atoms with Crippen LogP contribution in [0.3, 0.4) is 0 Å². The topological polar surface area (TPSA) is 118 Å². The molecule has 5 aliphatic rings. The lowest BCUT2D eigenvalue weighted by molar-refractivity contribution is -0.132. The molecule has 2 unspecified atom stereocenters. The summed E-state index contributed by atoms with van der Waals surface area (Å²) in [6.45, 7) is 6.89. The number of rotatable bonds is 10. The van der Waals surface area contributed by atoms with Gasteiger partial charge < -0.3 is 35.1 Å². The molecule has 1 aromatic carbocycles. The Morgan fingerprint density at radius 2 is 1.55 bits per heavy atom. The molecular formula is C30H42F2N4O6. The zero-order valence-corrected chi connectivity index (χ0v) is 24.7. The van der Waals surface area contributed by atoms with Gasteiger partial charge in [-0.3, -0.25) is 4.79 Å². The first-order chi connectivity index (χ1) is 19.8. The minimum atomic E-state index is -0.897. The fourth-order valence-electron chi connectivity index (χ4n) is 7.64. The minimum Gasteiger partial charge on any atom is -0.447 e. The summed E-state index contributed by atoms with van der Waals surface area (Å²) in [7, 11) is 0. The molecule has 0 saturated heterocycles. The second-order valence-electron chi connectivity index (χ2n) is 13.5. The monoisotopic (exact) mass is 592 g/mol. The molecule has 3 N–H and O–H groups in total. The van der Waals surface area contributed by atoms with Crippen molar-refractivity contribution in [2.45, 2.75) is 89.1 Å². The van der Waals surface area contributed by atoms with Gasteiger partial charge in [-0.05, 0) is 94.4 Å². The van der Waals surface area contributed by atoms with Crippen LogP contribution in [-0.4, -0.2) is 72.6 Å². The molecule has 0 spiro atoms. The van der Waals surface area contributed by atoms with E-state index in [4.69, 9.17) is 14.2 Å².